The van der Waals surface area contributed by atoms with E-state index >= 15 is 0 Å². The molecule has 0 amide bonds. The summed E-state index contributed by atoms with van der Waals surface area (Å²) in [5.74, 6) is 2.07. The second kappa shape index (κ2) is 6.47. The van der Waals surface area contributed by atoms with Gasteiger partial charge in [0.15, 0.2) is 6.10 Å². The number of hydrogen-bond acceptors (Lipinski definition) is 5. The maximum Gasteiger partial charge on any atom is 0.235 e. The molecule has 22 heavy (non-hydrogen) atoms. The molecule has 1 atom stereocenters. The minimum absolute atomic E-state index is 0.125. The van der Waals surface area contributed by atoms with E-state index in [1.54, 1.807) is 12.4 Å². The van der Waals surface area contributed by atoms with Crippen molar-refractivity contribution in [3.63, 3.8) is 0 Å². The Labute approximate surface area is 129 Å². The number of rotatable bonds is 4. The quantitative estimate of drug-likeness (QED) is 0.863. The molecule has 0 saturated heterocycles. The summed E-state index contributed by atoms with van der Waals surface area (Å²) in [5.41, 5.74) is 1.05. The van der Waals surface area contributed by atoms with Crippen molar-refractivity contribution in [2.75, 3.05) is 0 Å². The van der Waals surface area contributed by atoms with Gasteiger partial charge in [0.25, 0.3) is 0 Å². The molecule has 0 saturated carbocycles. The summed E-state index contributed by atoms with van der Waals surface area (Å²) in [7, 11) is 0. The van der Waals surface area contributed by atoms with Crippen molar-refractivity contribution in [2.24, 2.45) is 5.16 Å². The van der Waals surface area contributed by atoms with E-state index in [1.807, 2.05) is 50.2 Å². The van der Waals surface area contributed by atoms with Gasteiger partial charge in [-0.15, -0.1) is 0 Å². The van der Waals surface area contributed by atoms with Crippen LogP contribution in [0.15, 0.2) is 53.9 Å². The van der Waals surface area contributed by atoms with E-state index in [0.717, 1.165) is 11.3 Å². The molecule has 0 fully saturated rings. The van der Waals surface area contributed by atoms with Crippen LogP contribution in [-0.2, 0) is 4.84 Å². The predicted molar refractivity (Wildman–Crippen MR) is 82.9 cm³/mol. The maximum absolute atomic E-state index is 5.64. The first-order valence-electron chi connectivity index (χ1n) is 7.28. The smallest absolute Gasteiger partial charge is 0.235 e. The molecule has 0 N–H and O–H groups in total. The predicted octanol–water partition coefficient (Wildman–Crippen LogP) is 3.72. The molecule has 1 aliphatic rings. The third-order valence-electron chi connectivity index (χ3n) is 3.14. The van der Waals surface area contributed by atoms with E-state index in [0.29, 0.717) is 18.1 Å². The molecule has 1 aliphatic heterocycles. The van der Waals surface area contributed by atoms with Crippen molar-refractivity contribution in [2.45, 2.75) is 32.5 Å². The molecule has 0 unspecified atom stereocenters. The van der Waals surface area contributed by atoms with Gasteiger partial charge in [0.2, 0.25) is 5.90 Å². The highest BCUT2D eigenvalue weighted by Gasteiger charge is 2.24. The summed E-state index contributed by atoms with van der Waals surface area (Å²) in [6.07, 6.45) is 3.98. The first kappa shape index (κ1) is 14.4. The van der Waals surface area contributed by atoms with Crippen LogP contribution in [0, 0.1) is 0 Å². The Hall–Kier alpha value is -2.56. The summed E-state index contributed by atoms with van der Waals surface area (Å²) >= 11 is 0. The third kappa shape index (κ3) is 3.55. The van der Waals surface area contributed by atoms with E-state index in [-0.39, 0.29) is 12.2 Å². The molecule has 2 aromatic rings. The van der Waals surface area contributed by atoms with Crippen LogP contribution in [0.4, 0.5) is 0 Å². The zero-order valence-electron chi connectivity index (χ0n) is 12.6. The standard InChI is InChI=1S/C17H18N2O3/c1-12(2)20-14-7-5-13(6-8-14)16-10-17(19-22-16)21-15-4-3-9-18-11-15/h3-9,11-12,16H,10H2,1-2H3/t16-/m1/s1. The molecule has 114 valence electrons. The molecule has 2 heterocycles. The molecule has 1 aromatic heterocycles. The lowest BCUT2D eigenvalue weighted by atomic mass is 10.1. The van der Waals surface area contributed by atoms with Crippen LogP contribution in [0.25, 0.3) is 0 Å². The summed E-state index contributed by atoms with van der Waals surface area (Å²) < 4.78 is 11.3. The van der Waals surface area contributed by atoms with Crippen molar-refractivity contribution in [1.29, 1.82) is 0 Å². The number of oxime groups is 1. The van der Waals surface area contributed by atoms with E-state index in [9.17, 15) is 0 Å². The van der Waals surface area contributed by atoms with Crippen LogP contribution in [0.3, 0.4) is 0 Å². The van der Waals surface area contributed by atoms with Crippen LogP contribution in [0.1, 0.15) is 31.9 Å². The number of nitrogens with zero attached hydrogens (tertiary/aromatic N) is 2. The SMILES string of the molecule is CC(C)Oc1ccc([C@H]2CC(Oc3cccnc3)=NO2)cc1. The van der Waals surface area contributed by atoms with Crippen molar-refractivity contribution in [1.82, 2.24) is 4.98 Å². The summed E-state index contributed by atoms with van der Waals surface area (Å²) in [6, 6.07) is 11.5. The van der Waals surface area contributed by atoms with E-state index < -0.39 is 0 Å². The van der Waals surface area contributed by atoms with Gasteiger partial charge in [-0.2, -0.15) is 0 Å². The van der Waals surface area contributed by atoms with Gasteiger partial charge in [-0.1, -0.05) is 17.3 Å². The Morgan fingerprint density at radius 2 is 1.95 bits per heavy atom. The Morgan fingerprint density at radius 3 is 2.64 bits per heavy atom. The number of pyridine rings is 1. The van der Waals surface area contributed by atoms with Gasteiger partial charge in [0.1, 0.15) is 11.5 Å². The minimum atomic E-state index is -0.125. The molecule has 5 heteroatoms. The molecule has 0 bridgehead atoms. The lowest BCUT2D eigenvalue weighted by Crippen LogP contribution is -2.08. The summed E-state index contributed by atoms with van der Waals surface area (Å²) in [4.78, 5) is 9.45. The second-order valence-electron chi connectivity index (χ2n) is 5.31. The zero-order chi connectivity index (χ0) is 15.4. The van der Waals surface area contributed by atoms with Gasteiger partial charge in [-0.25, -0.2) is 0 Å². The fourth-order valence-corrected chi connectivity index (χ4v) is 2.17. The Kier molecular flexibility index (Phi) is 4.23. The molecule has 0 aliphatic carbocycles. The number of benzene rings is 1. The highest BCUT2D eigenvalue weighted by molar-refractivity contribution is 5.79. The largest absolute Gasteiger partial charge is 0.491 e. The molecule has 5 nitrogen and oxygen atoms in total. The van der Waals surface area contributed by atoms with E-state index in [2.05, 4.69) is 10.1 Å². The molecule has 1 aromatic carbocycles. The van der Waals surface area contributed by atoms with E-state index in [1.165, 1.54) is 0 Å². The average Bonchev–Trinajstić information content (AvgIpc) is 2.97. The Morgan fingerprint density at radius 1 is 1.14 bits per heavy atom. The summed E-state index contributed by atoms with van der Waals surface area (Å²) in [6.45, 7) is 4.01. The second-order valence-corrected chi connectivity index (χ2v) is 5.31. The minimum Gasteiger partial charge on any atom is -0.491 e. The fourth-order valence-electron chi connectivity index (χ4n) is 2.17. The van der Waals surface area contributed by atoms with Crippen LogP contribution in [0.2, 0.25) is 0 Å². The van der Waals surface area contributed by atoms with E-state index in [4.69, 9.17) is 14.3 Å². The van der Waals surface area contributed by atoms with Crippen LogP contribution < -0.4 is 9.47 Å². The van der Waals surface area contributed by atoms with Crippen LogP contribution in [-0.4, -0.2) is 17.0 Å². The molecular formula is C17H18N2O3. The van der Waals surface area contributed by atoms with Crippen LogP contribution >= 0.6 is 0 Å². The van der Waals surface area contributed by atoms with Gasteiger partial charge in [0.05, 0.1) is 18.7 Å². The first-order valence-corrected chi connectivity index (χ1v) is 7.28. The topological polar surface area (TPSA) is 52.9 Å². The molecule has 0 radical (unpaired) electrons. The summed E-state index contributed by atoms with van der Waals surface area (Å²) in [5, 5.41) is 4.00. The third-order valence-corrected chi connectivity index (χ3v) is 3.14. The number of ether oxygens (including phenoxy) is 2. The lowest BCUT2D eigenvalue weighted by molar-refractivity contribution is 0.0854. The lowest BCUT2D eigenvalue weighted by Gasteiger charge is -2.12. The Bertz CT molecular complexity index is 639. The zero-order valence-corrected chi connectivity index (χ0v) is 12.6. The fraction of sp³-hybridized carbons (Fsp3) is 0.294. The normalized spacial score (nSPS) is 17.0. The molecule has 0 spiro atoms. The van der Waals surface area contributed by atoms with Gasteiger partial charge in [0, 0.05) is 6.20 Å². The highest BCUT2D eigenvalue weighted by atomic mass is 16.7. The van der Waals surface area contributed by atoms with Crippen molar-refractivity contribution >= 4 is 5.90 Å². The van der Waals surface area contributed by atoms with Gasteiger partial charge >= 0.3 is 0 Å². The van der Waals surface area contributed by atoms with Crippen molar-refractivity contribution in [3.05, 3.63) is 54.4 Å². The van der Waals surface area contributed by atoms with Crippen LogP contribution in [0.5, 0.6) is 11.5 Å². The highest BCUT2D eigenvalue weighted by Crippen LogP contribution is 2.29. The van der Waals surface area contributed by atoms with Gasteiger partial charge < -0.3 is 14.3 Å². The van der Waals surface area contributed by atoms with Gasteiger partial charge in [-0.3, -0.25) is 4.98 Å². The maximum atomic E-state index is 5.64. The number of aromatic nitrogens is 1. The molecule has 3 rings (SSSR count). The number of hydrogen-bond donors (Lipinski definition) is 0. The van der Waals surface area contributed by atoms with Crippen molar-refractivity contribution < 1.29 is 14.3 Å². The monoisotopic (exact) mass is 298 g/mol. The average molecular weight is 298 g/mol. The first-order chi connectivity index (χ1) is 10.7. The Balaban J connectivity index is 1.59. The molecular weight excluding hydrogens is 280 g/mol. The van der Waals surface area contributed by atoms with Gasteiger partial charge in [-0.05, 0) is 43.7 Å². The van der Waals surface area contributed by atoms with Crippen molar-refractivity contribution in [3.8, 4) is 11.5 Å².